The van der Waals surface area contributed by atoms with Crippen molar-refractivity contribution in [3.8, 4) is 0 Å². The number of para-hydroxylation sites is 1. The second-order valence-corrected chi connectivity index (χ2v) is 4.59. The summed E-state index contributed by atoms with van der Waals surface area (Å²) in [7, 11) is 0. The third kappa shape index (κ3) is 3.79. The monoisotopic (exact) mass is 277 g/mol. The van der Waals surface area contributed by atoms with Crippen molar-refractivity contribution in [2.45, 2.75) is 12.5 Å². The number of rotatable bonds is 5. The number of nitrogens with zero attached hydrogens (tertiary/aromatic N) is 1. The molecule has 0 saturated carbocycles. The minimum atomic E-state index is -0.709. The molecule has 108 valence electrons. The largest absolute Gasteiger partial charge is 0.366 e. The number of anilines is 1. The van der Waals surface area contributed by atoms with Crippen LogP contribution >= 0.6 is 0 Å². The summed E-state index contributed by atoms with van der Waals surface area (Å²) in [6.07, 6.45) is -0.687. The lowest BCUT2D eigenvalue weighted by Crippen LogP contribution is -2.50. The molecule has 1 unspecified atom stereocenters. The van der Waals surface area contributed by atoms with Gasteiger partial charge in [-0.1, -0.05) is 18.2 Å². The minimum absolute atomic E-state index is 0.0226. The van der Waals surface area contributed by atoms with Crippen molar-refractivity contribution in [3.63, 3.8) is 0 Å². The topological polar surface area (TPSA) is 84.7 Å². The summed E-state index contributed by atoms with van der Waals surface area (Å²) < 4.78 is 5.38. The van der Waals surface area contributed by atoms with Crippen molar-refractivity contribution in [3.05, 3.63) is 30.3 Å². The number of hydrogen-bond acceptors (Lipinski definition) is 4. The highest BCUT2D eigenvalue weighted by Crippen LogP contribution is 2.12. The highest BCUT2D eigenvalue weighted by Gasteiger charge is 2.30. The summed E-state index contributed by atoms with van der Waals surface area (Å²) >= 11 is 0. The Hall–Kier alpha value is -1.92. The van der Waals surface area contributed by atoms with E-state index in [1.165, 1.54) is 0 Å². The summed E-state index contributed by atoms with van der Waals surface area (Å²) in [6.45, 7) is 1.88. The molecule has 20 heavy (non-hydrogen) atoms. The van der Waals surface area contributed by atoms with Crippen molar-refractivity contribution in [2.75, 3.05) is 31.6 Å². The second kappa shape index (κ2) is 7.02. The number of nitrogens with two attached hydrogens (primary N) is 1. The minimum Gasteiger partial charge on any atom is -0.366 e. The fourth-order valence-electron chi connectivity index (χ4n) is 2.12. The van der Waals surface area contributed by atoms with Crippen LogP contribution in [0, 0.1) is 0 Å². The van der Waals surface area contributed by atoms with Crippen LogP contribution in [0.3, 0.4) is 0 Å². The third-order valence-corrected chi connectivity index (χ3v) is 3.09. The molecule has 6 heteroatoms. The van der Waals surface area contributed by atoms with Gasteiger partial charge in [0.2, 0.25) is 5.91 Å². The predicted molar refractivity (Wildman–Crippen MR) is 75.1 cm³/mol. The zero-order valence-corrected chi connectivity index (χ0v) is 11.2. The summed E-state index contributed by atoms with van der Waals surface area (Å²) in [4.78, 5) is 25.6. The maximum atomic E-state index is 12.1. The number of amides is 2. The lowest BCUT2D eigenvalue weighted by Gasteiger charge is -2.31. The molecule has 1 fully saturated rings. The highest BCUT2D eigenvalue weighted by molar-refractivity contribution is 5.95. The van der Waals surface area contributed by atoms with E-state index in [2.05, 4.69) is 5.32 Å². The van der Waals surface area contributed by atoms with Crippen LogP contribution in [-0.4, -0.2) is 49.1 Å². The molecule has 1 aliphatic rings. The van der Waals surface area contributed by atoms with Gasteiger partial charge in [-0.15, -0.1) is 0 Å². The van der Waals surface area contributed by atoms with Crippen LogP contribution in [0.15, 0.2) is 30.3 Å². The maximum absolute atomic E-state index is 12.1. The number of ether oxygens (including phenoxy) is 1. The molecular weight excluding hydrogens is 258 g/mol. The molecular formula is C14H19N3O3. The van der Waals surface area contributed by atoms with Crippen LogP contribution in [0.1, 0.15) is 6.42 Å². The predicted octanol–water partition coefficient (Wildman–Crippen LogP) is 0.201. The van der Waals surface area contributed by atoms with Gasteiger partial charge in [0.05, 0.1) is 13.0 Å². The van der Waals surface area contributed by atoms with Crippen molar-refractivity contribution >= 4 is 17.5 Å². The molecule has 0 radical (unpaired) electrons. The molecule has 1 heterocycles. The Morgan fingerprint density at radius 3 is 2.85 bits per heavy atom. The molecule has 2 rings (SSSR count). The molecule has 0 aromatic heterocycles. The van der Waals surface area contributed by atoms with Gasteiger partial charge in [-0.3, -0.25) is 9.59 Å². The van der Waals surface area contributed by atoms with E-state index >= 15 is 0 Å². The maximum Gasteiger partial charge on any atom is 0.252 e. The molecule has 1 saturated heterocycles. The zero-order chi connectivity index (χ0) is 14.4. The Bertz CT molecular complexity index is 462. The van der Waals surface area contributed by atoms with Crippen molar-refractivity contribution in [1.82, 2.24) is 4.90 Å². The molecule has 0 spiro atoms. The molecule has 1 aromatic rings. The van der Waals surface area contributed by atoms with E-state index in [0.29, 0.717) is 31.9 Å². The van der Waals surface area contributed by atoms with E-state index in [1.54, 1.807) is 17.0 Å². The summed E-state index contributed by atoms with van der Waals surface area (Å²) in [5.41, 5.74) is 6.16. The van der Waals surface area contributed by atoms with E-state index in [9.17, 15) is 9.59 Å². The average molecular weight is 277 g/mol. The lowest BCUT2D eigenvalue weighted by molar-refractivity contribution is -0.154. The molecule has 0 aliphatic carbocycles. The third-order valence-electron chi connectivity index (χ3n) is 3.09. The summed E-state index contributed by atoms with van der Waals surface area (Å²) in [5.74, 6) is -0.394. The van der Waals surface area contributed by atoms with E-state index in [-0.39, 0.29) is 18.2 Å². The number of carbonyl (C=O) groups excluding carboxylic acids is 2. The van der Waals surface area contributed by atoms with E-state index in [4.69, 9.17) is 10.5 Å². The Balaban J connectivity index is 1.88. The number of hydrogen-bond donors (Lipinski definition) is 2. The van der Waals surface area contributed by atoms with Gasteiger partial charge in [-0.2, -0.15) is 0 Å². The first-order valence-electron chi connectivity index (χ1n) is 6.66. The van der Waals surface area contributed by atoms with Crippen LogP contribution in [0.2, 0.25) is 0 Å². The average Bonchev–Trinajstić information content (AvgIpc) is 2.44. The molecule has 0 bridgehead atoms. The molecule has 3 N–H and O–H groups in total. The summed E-state index contributed by atoms with van der Waals surface area (Å²) in [6, 6.07) is 9.13. The van der Waals surface area contributed by atoms with Gasteiger partial charge in [0.25, 0.3) is 5.91 Å². The highest BCUT2D eigenvalue weighted by atomic mass is 16.5. The Kier molecular flexibility index (Phi) is 5.09. The fraction of sp³-hybridized carbons (Fsp3) is 0.429. The number of carbonyl (C=O) groups is 2. The number of benzene rings is 1. The molecule has 1 aliphatic heterocycles. The van der Waals surface area contributed by atoms with Crippen LogP contribution in [-0.2, 0) is 14.3 Å². The van der Waals surface area contributed by atoms with Crippen molar-refractivity contribution in [1.29, 1.82) is 0 Å². The fourth-order valence-corrected chi connectivity index (χ4v) is 2.12. The Morgan fingerprint density at radius 2 is 2.15 bits per heavy atom. The zero-order valence-electron chi connectivity index (χ0n) is 11.2. The van der Waals surface area contributed by atoms with Gasteiger partial charge < -0.3 is 20.7 Å². The number of nitrogens with one attached hydrogen (secondary N) is 1. The molecule has 1 atom stereocenters. The Morgan fingerprint density at radius 1 is 1.40 bits per heavy atom. The van der Waals surface area contributed by atoms with Gasteiger partial charge >= 0.3 is 0 Å². The van der Waals surface area contributed by atoms with Crippen molar-refractivity contribution in [2.24, 2.45) is 5.73 Å². The van der Waals surface area contributed by atoms with Crippen LogP contribution < -0.4 is 11.1 Å². The van der Waals surface area contributed by atoms with E-state index < -0.39 is 6.10 Å². The van der Waals surface area contributed by atoms with Crippen LogP contribution in [0.4, 0.5) is 5.69 Å². The first-order chi connectivity index (χ1) is 9.70. The number of morpholine rings is 1. The lowest BCUT2D eigenvalue weighted by atomic mass is 10.1. The van der Waals surface area contributed by atoms with Gasteiger partial charge in [-0.05, 0) is 12.1 Å². The van der Waals surface area contributed by atoms with Crippen molar-refractivity contribution < 1.29 is 14.3 Å². The van der Waals surface area contributed by atoms with Crippen LogP contribution in [0.25, 0.3) is 0 Å². The molecule has 1 aromatic carbocycles. The quantitative estimate of drug-likeness (QED) is 0.805. The first kappa shape index (κ1) is 14.5. The van der Waals surface area contributed by atoms with Crippen LogP contribution in [0.5, 0.6) is 0 Å². The van der Waals surface area contributed by atoms with Gasteiger partial charge in [0, 0.05) is 25.3 Å². The van der Waals surface area contributed by atoms with E-state index in [0.717, 1.165) is 0 Å². The smallest absolute Gasteiger partial charge is 0.252 e. The molecule has 2 amide bonds. The van der Waals surface area contributed by atoms with Gasteiger partial charge in [0.15, 0.2) is 0 Å². The normalized spacial score (nSPS) is 18.9. The molecule has 6 nitrogen and oxygen atoms in total. The summed E-state index contributed by atoms with van der Waals surface area (Å²) in [5, 5.41) is 2.74. The van der Waals surface area contributed by atoms with E-state index in [1.807, 2.05) is 18.2 Å². The Labute approximate surface area is 117 Å². The SMILES string of the molecule is NCCN1CCOC(CC(=O)Nc2ccccc2)C1=O. The first-order valence-corrected chi connectivity index (χ1v) is 6.66. The second-order valence-electron chi connectivity index (χ2n) is 4.59. The standard InChI is InChI=1S/C14H19N3O3/c15-6-7-17-8-9-20-12(14(17)19)10-13(18)16-11-4-2-1-3-5-11/h1-5,12H,6-10,15H2,(H,16,18). The van der Waals surface area contributed by atoms with Gasteiger partial charge in [-0.25, -0.2) is 0 Å². The van der Waals surface area contributed by atoms with Gasteiger partial charge in [0.1, 0.15) is 6.10 Å².